The van der Waals surface area contributed by atoms with Gasteiger partial charge < -0.3 is 15.5 Å². The van der Waals surface area contributed by atoms with E-state index in [0.717, 1.165) is 19.3 Å². The lowest BCUT2D eigenvalue weighted by Crippen LogP contribution is -2.29. The van der Waals surface area contributed by atoms with Gasteiger partial charge in [0, 0.05) is 18.6 Å². The van der Waals surface area contributed by atoms with E-state index in [4.69, 9.17) is 0 Å². The SMILES string of the molecule is O=C1CCCCC(n2c(O)ccc2O)N1. The van der Waals surface area contributed by atoms with E-state index in [1.165, 1.54) is 16.7 Å². The molecule has 1 aromatic rings. The van der Waals surface area contributed by atoms with E-state index in [0.29, 0.717) is 6.42 Å². The van der Waals surface area contributed by atoms with Crippen LogP contribution in [-0.2, 0) is 4.79 Å². The highest BCUT2D eigenvalue weighted by Gasteiger charge is 2.21. The summed E-state index contributed by atoms with van der Waals surface area (Å²) in [4.78, 5) is 11.3. The summed E-state index contributed by atoms with van der Waals surface area (Å²) < 4.78 is 1.34. The number of hydrogen-bond acceptors (Lipinski definition) is 3. The van der Waals surface area contributed by atoms with Crippen molar-refractivity contribution in [1.82, 2.24) is 9.88 Å². The molecule has 5 heteroatoms. The predicted molar refractivity (Wildman–Crippen MR) is 53.4 cm³/mol. The lowest BCUT2D eigenvalue weighted by molar-refractivity contribution is -0.122. The van der Waals surface area contributed by atoms with Crippen LogP contribution in [0.5, 0.6) is 11.8 Å². The molecule has 0 aliphatic carbocycles. The molecule has 5 nitrogen and oxygen atoms in total. The second-order valence-corrected chi connectivity index (χ2v) is 3.75. The Labute approximate surface area is 87.3 Å². The molecule has 1 saturated heterocycles. The zero-order chi connectivity index (χ0) is 10.8. The monoisotopic (exact) mass is 210 g/mol. The van der Waals surface area contributed by atoms with Gasteiger partial charge in [-0.15, -0.1) is 0 Å². The second kappa shape index (κ2) is 3.84. The summed E-state index contributed by atoms with van der Waals surface area (Å²) >= 11 is 0. The Morgan fingerprint density at radius 1 is 1.27 bits per heavy atom. The van der Waals surface area contributed by atoms with Crippen molar-refractivity contribution in [2.24, 2.45) is 0 Å². The fraction of sp³-hybridized carbons (Fsp3) is 0.500. The van der Waals surface area contributed by atoms with Gasteiger partial charge in [0.1, 0.15) is 6.17 Å². The van der Waals surface area contributed by atoms with Crippen LogP contribution in [0.2, 0.25) is 0 Å². The molecule has 0 saturated carbocycles. The van der Waals surface area contributed by atoms with Crippen LogP contribution < -0.4 is 5.32 Å². The number of nitrogens with zero attached hydrogens (tertiary/aromatic N) is 1. The van der Waals surface area contributed by atoms with Crippen LogP contribution in [0, 0.1) is 0 Å². The molecule has 1 unspecified atom stereocenters. The summed E-state index contributed by atoms with van der Waals surface area (Å²) in [6, 6.07) is 2.82. The van der Waals surface area contributed by atoms with Crippen molar-refractivity contribution in [1.29, 1.82) is 0 Å². The van der Waals surface area contributed by atoms with E-state index in [-0.39, 0.29) is 23.8 Å². The zero-order valence-electron chi connectivity index (χ0n) is 8.31. The van der Waals surface area contributed by atoms with E-state index >= 15 is 0 Å². The molecule has 1 aliphatic rings. The molecule has 0 aromatic carbocycles. The molecular formula is C10H14N2O3. The van der Waals surface area contributed by atoms with Gasteiger partial charge in [-0.25, -0.2) is 0 Å². The van der Waals surface area contributed by atoms with Crippen molar-refractivity contribution >= 4 is 5.91 Å². The van der Waals surface area contributed by atoms with E-state index in [9.17, 15) is 15.0 Å². The van der Waals surface area contributed by atoms with Gasteiger partial charge in [-0.05, 0) is 19.3 Å². The molecule has 2 heterocycles. The molecule has 1 atom stereocenters. The van der Waals surface area contributed by atoms with Crippen molar-refractivity contribution in [3.63, 3.8) is 0 Å². The lowest BCUT2D eigenvalue weighted by Gasteiger charge is -2.19. The van der Waals surface area contributed by atoms with Gasteiger partial charge in [0.25, 0.3) is 0 Å². The number of aromatic nitrogens is 1. The summed E-state index contributed by atoms with van der Waals surface area (Å²) in [5.41, 5.74) is 0. The minimum atomic E-state index is -0.338. The Morgan fingerprint density at radius 2 is 1.93 bits per heavy atom. The van der Waals surface area contributed by atoms with Gasteiger partial charge in [0.15, 0.2) is 11.8 Å². The molecule has 1 amide bonds. The minimum absolute atomic E-state index is 0.0281. The van der Waals surface area contributed by atoms with Gasteiger partial charge in [0.2, 0.25) is 5.91 Å². The van der Waals surface area contributed by atoms with Crippen LogP contribution in [0.25, 0.3) is 0 Å². The minimum Gasteiger partial charge on any atom is -0.494 e. The van der Waals surface area contributed by atoms with Gasteiger partial charge >= 0.3 is 0 Å². The summed E-state index contributed by atoms with van der Waals surface area (Å²) in [7, 11) is 0. The van der Waals surface area contributed by atoms with Crippen LogP contribution in [0.1, 0.15) is 31.8 Å². The molecule has 2 rings (SSSR count). The van der Waals surface area contributed by atoms with Crippen LogP contribution in [0.15, 0.2) is 12.1 Å². The third-order valence-electron chi connectivity index (χ3n) is 2.65. The van der Waals surface area contributed by atoms with Crippen LogP contribution in [0.3, 0.4) is 0 Å². The summed E-state index contributed by atoms with van der Waals surface area (Å²) in [6.45, 7) is 0. The molecule has 3 N–H and O–H groups in total. The van der Waals surface area contributed by atoms with Crippen molar-refractivity contribution in [3.8, 4) is 11.8 Å². The molecule has 0 radical (unpaired) electrons. The molecular weight excluding hydrogens is 196 g/mol. The average molecular weight is 210 g/mol. The normalized spacial score (nSPS) is 22.1. The highest BCUT2D eigenvalue weighted by Crippen LogP contribution is 2.29. The van der Waals surface area contributed by atoms with E-state index in [2.05, 4.69) is 5.32 Å². The second-order valence-electron chi connectivity index (χ2n) is 3.75. The molecule has 0 bridgehead atoms. The van der Waals surface area contributed by atoms with Crippen LogP contribution in [0.4, 0.5) is 0 Å². The first-order valence-corrected chi connectivity index (χ1v) is 5.07. The van der Waals surface area contributed by atoms with E-state index in [1.54, 1.807) is 0 Å². The van der Waals surface area contributed by atoms with Gasteiger partial charge in [-0.3, -0.25) is 9.36 Å². The highest BCUT2D eigenvalue weighted by molar-refractivity contribution is 5.76. The largest absolute Gasteiger partial charge is 0.494 e. The Kier molecular flexibility index (Phi) is 2.53. The van der Waals surface area contributed by atoms with E-state index < -0.39 is 0 Å². The topological polar surface area (TPSA) is 74.5 Å². The zero-order valence-corrected chi connectivity index (χ0v) is 8.31. The fourth-order valence-corrected chi connectivity index (χ4v) is 1.89. The maximum atomic E-state index is 11.3. The van der Waals surface area contributed by atoms with Crippen molar-refractivity contribution < 1.29 is 15.0 Å². The Balaban J connectivity index is 2.25. The Hall–Kier alpha value is -1.65. The molecule has 1 aromatic heterocycles. The molecule has 15 heavy (non-hydrogen) atoms. The Bertz CT molecular complexity index is 353. The third-order valence-corrected chi connectivity index (χ3v) is 2.65. The van der Waals surface area contributed by atoms with E-state index in [1.807, 2.05) is 0 Å². The lowest BCUT2D eigenvalue weighted by atomic mass is 10.2. The maximum absolute atomic E-state index is 11.3. The highest BCUT2D eigenvalue weighted by atomic mass is 16.3. The number of rotatable bonds is 1. The molecule has 82 valence electrons. The van der Waals surface area contributed by atoms with Crippen LogP contribution >= 0.6 is 0 Å². The number of carbonyl (C=O) groups is 1. The number of aromatic hydroxyl groups is 2. The number of carbonyl (C=O) groups excluding carboxylic acids is 1. The first-order chi connectivity index (χ1) is 7.18. The average Bonchev–Trinajstić information content (AvgIpc) is 2.40. The number of amides is 1. The van der Waals surface area contributed by atoms with Gasteiger partial charge in [-0.2, -0.15) is 0 Å². The van der Waals surface area contributed by atoms with Gasteiger partial charge in [-0.1, -0.05) is 0 Å². The summed E-state index contributed by atoms with van der Waals surface area (Å²) in [5, 5.41) is 21.8. The Morgan fingerprint density at radius 3 is 2.60 bits per heavy atom. The number of hydrogen-bond donors (Lipinski definition) is 3. The molecule has 1 aliphatic heterocycles. The van der Waals surface area contributed by atoms with Crippen molar-refractivity contribution in [2.45, 2.75) is 31.8 Å². The first-order valence-electron chi connectivity index (χ1n) is 5.07. The third kappa shape index (κ3) is 1.91. The summed E-state index contributed by atoms with van der Waals surface area (Å²) in [5.74, 6) is -0.0931. The quantitative estimate of drug-likeness (QED) is 0.649. The first kappa shape index (κ1) is 9.89. The van der Waals surface area contributed by atoms with Gasteiger partial charge in [0.05, 0.1) is 0 Å². The standard InChI is InChI=1S/C10H14N2O3/c13-8-4-2-1-3-7(11-8)12-9(14)5-6-10(12)15/h5-7,14-15H,1-4H2,(H,11,13). The fourth-order valence-electron chi connectivity index (χ4n) is 1.89. The molecule has 1 fully saturated rings. The number of nitrogens with one attached hydrogen (secondary N) is 1. The van der Waals surface area contributed by atoms with Crippen molar-refractivity contribution in [3.05, 3.63) is 12.1 Å². The van der Waals surface area contributed by atoms with Crippen molar-refractivity contribution in [2.75, 3.05) is 0 Å². The van der Waals surface area contributed by atoms with Crippen LogP contribution in [-0.4, -0.2) is 20.7 Å². The maximum Gasteiger partial charge on any atom is 0.221 e. The smallest absolute Gasteiger partial charge is 0.221 e. The summed E-state index contributed by atoms with van der Waals surface area (Å²) in [6.07, 6.45) is 2.65. The molecule has 0 spiro atoms. The predicted octanol–water partition coefficient (Wildman–Crippen LogP) is 1.09.